The number of amides is 1. The topological polar surface area (TPSA) is 44.8 Å². The highest BCUT2D eigenvalue weighted by atomic mass is 19.3. The van der Waals surface area contributed by atoms with Crippen LogP contribution >= 0.6 is 0 Å². The fourth-order valence-corrected chi connectivity index (χ4v) is 2.55. The van der Waals surface area contributed by atoms with Gasteiger partial charge in [-0.05, 0) is 24.6 Å². The third-order valence-electron chi connectivity index (χ3n) is 3.97. The minimum Gasteiger partial charge on any atom is -0.435 e. The molecule has 1 amide bonds. The summed E-state index contributed by atoms with van der Waals surface area (Å²) in [6.07, 6.45) is 0. The molecule has 1 fully saturated rings. The lowest BCUT2D eigenvalue weighted by atomic mass is 10.2. The number of carbonyl (C=O) groups excluding carboxylic acids is 1. The van der Waals surface area contributed by atoms with E-state index in [-0.39, 0.29) is 11.7 Å². The third kappa shape index (κ3) is 5.44. The number of benzene rings is 1. The summed E-state index contributed by atoms with van der Waals surface area (Å²) in [4.78, 5) is 16.1. The van der Waals surface area contributed by atoms with Gasteiger partial charge in [-0.1, -0.05) is 12.1 Å². The fraction of sp³-hybridized carbons (Fsp3) is 0.562. The van der Waals surface area contributed by atoms with Gasteiger partial charge in [0.2, 0.25) is 5.91 Å². The molecule has 1 aliphatic rings. The van der Waals surface area contributed by atoms with Crippen LogP contribution in [0.3, 0.4) is 0 Å². The van der Waals surface area contributed by atoms with Crippen molar-refractivity contribution in [2.75, 3.05) is 33.2 Å². The van der Waals surface area contributed by atoms with Gasteiger partial charge >= 0.3 is 6.61 Å². The van der Waals surface area contributed by atoms with Crippen LogP contribution in [-0.2, 0) is 11.3 Å². The Bertz CT molecular complexity index is 511. The second-order valence-electron chi connectivity index (χ2n) is 5.80. The normalized spacial score (nSPS) is 18.9. The molecule has 1 saturated heterocycles. The number of hydrogen-bond acceptors (Lipinski definition) is 4. The number of nitrogens with zero attached hydrogens (tertiary/aromatic N) is 2. The molecule has 1 N–H and O–H groups in total. The van der Waals surface area contributed by atoms with Crippen LogP contribution in [0.1, 0.15) is 12.5 Å². The molecule has 1 atom stereocenters. The molecule has 0 aliphatic carbocycles. The van der Waals surface area contributed by atoms with Crippen molar-refractivity contribution >= 4 is 5.91 Å². The van der Waals surface area contributed by atoms with Gasteiger partial charge in [0.1, 0.15) is 5.75 Å². The van der Waals surface area contributed by atoms with Gasteiger partial charge in [-0.15, -0.1) is 0 Å². The quantitative estimate of drug-likeness (QED) is 0.861. The van der Waals surface area contributed by atoms with Crippen molar-refractivity contribution in [2.45, 2.75) is 26.1 Å². The second kappa shape index (κ2) is 8.21. The first-order valence-corrected chi connectivity index (χ1v) is 7.68. The highest BCUT2D eigenvalue weighted by Crippen LogP contribution is 2.16. The summed E-state index contributed by atoms with van der Waals surface area (Å²) in [6, 6.07) is 6.69. The van der Waals surface area contributed by atoms with Gasteiger partial charge in [0, 0.05) is 39.3 Å². The Kier molecular flexibility index (Phi) is 6.29. The average Bonchev–Trinajstić information content (AvgIpc) is 2.51. The molecule has 128 valence electrons. The van der Waals surface area contributed by atoms with E-state index in [1.54, 1.807) is 24.1 Å². The van der Waals surface area contributed by atoms with Crippen LogP contribution < -0.4 is 10.1 Å². The molecule has 5 nitrogen and oxygen atoms in total. The van der Waals surface area contributed by atoms with E-state index in [1.807, 2.05) is 0 Å². The summed E-state index contributed by atoms with van der Waals surface area (Å²) in [5, 5.41) is 3.29. The van der Waals surface area contributed by atoms with Crippen LogP contribution in [0, 0.1) is 0 Å². The van der Waals surface area contributed by atoms with E-state index < -0.39 is 6.61 Å². The lowest BCUT2D eigenvalue weighted by Gasteiger charge is -2.34. The first-order chi connectivity index (χ1) is 11.0. The van der Waals surface area contributed by atoms with Crippen molar-refractivity contribution in [3.8, 4) is 5.75 Å². The molecular formula is C16H23F2N3O2. The SMILES string of the molecule is C[C@@H]1CNCCN1CC(=O)N(C)Cc1ccc(OC(F)F)cc1. The Morgan fingerprint density at radius 1 is 1.43 bits per heavy atom. The molecule has 0 radical (unpaired) electrons. The van der Waals surface area contributed by atoms with Crippen molar-refractivity contribution in [1.82, 2.24) is 15.1 Å². The Balaban J connectivity index is 1.85. The smallest absolute Gasteiger partial charge is 0.387 e. The van der Waals surface area contributed by atoms with Gasteiger partial charge in [0.25, 0.3) is 0 Å². The van der Waals surface area contributed by atoms with E-state index in [4.69, 9.17) is 0 Å². The van der Waals surface area contributed by atoms with Crippen LogP contribution in [0.25, 0.3) is 0 Å². The van der Waals surface area contributed by atoms with Crippen LogP contribution in [0.15, 0.2) is 24.3 Å². The number of hydrogen-bond donors (Lipinski definition) is 1. The van der Waals surface area contributed by atoms with E-state index in [9.17, 15) is 13.6 Å². The lowest BCUT2D eigenvalue weighted by Crippen LogP contribution is -2.52. The largest absolute Gasteiger partial charge is 0.435 e. The monoisotopic (exact) mass is 327 g/mol. The maximum absolute atomic E-state index is 12.3. The number of nitrogens with one attached hydrogen (secondary N) is 1. The van der Waals surface area contributed by atoms with Crippen LogP contribution in [0.4, 0.5) is 8.78 Å². The Hall–Kier alpha value is -1.73. The lowest BCUT2D eigenvalue weighted by molar-refractivity contribution is -0.132. The van der Waals surface area contributed by atoms with Crippen molar-refractivity contribution in [3.63, 3.8) is 0 Å². The highest BCUT2D eigenvalue weighted by molar-refractivity contribution is 5.78. The zero-order valence-corrected chi connectivity index (χ0v) is 13.5. The molecular weight excluding hydrogens is 304 g/mol. The number of rotatable bonds is 6. The molecule has 1 heterocycles. The second-order valence-corrected chi connectivity index (χ2v) is 5.80. The predicted octanol–water partition coefficient (Wildman–Crippen LogP) is 1.54. The molecule has 0 unspecified atom stereocenters. The molecule has 0 aromatic heterocycles. The van der Waals surface area contributed by atoms with Crippen molar-refractivity contribution < 1.29 is 18.3 Å². The Morgan fingerprint density at radius 3 is 2.74 bits per heavy atom. The van der Waals surface area contributed by atoms with Crippen LogP contribution in [-0.4, -0.2) is 61.6 Å². The molecule has 2 rings (SSSR count). The summed E-state index contributed by atoms with van der Waals surface area (Å²) >= 11 is 0. The number of piperazine rings is 1. The maximum atomic E-state index is 12.3. The summed E-state index contributed by atoms with van der Waals surface area (Å²) in [6.45, 7) is 2.75. The Morgan fingerprint density at radius 2 is 2.13 bits per heavy atom. The van der Waals surface area contributed by atoms with E-state index in [0.29, 0.717) is 19.1 Å². The van der Waals surface area contributed by atoms with Gasteiger partial charge in [-0.25, -0.2) is 0 Å². The zero-order chi connectivity index (χ0) is 16.8. The highest BCUT2D eigenvalue weighted by Gasteiger charge is 2.21. The number of carbonyl (C=O) groups is 1. The molecule has 0 spiro atoms. The molecule has 1 aromatic carbocycles. The molecule has 1 aromatic rings. The third-order valence-corrected chi connectivity index (χ3v) is 3.97. The van der Waals surface area contributed by atoms with E-state index in [0.717, 1.165) is 25.2 Å². The average molecular weight is 327 g/mol. The number of ether oxygens (including phenoxy) is 1. The molecule has 23 heavy (non-hydrogen) atoms. The zero-order valence-electron chi connectivity index (χ0n) is 13.5. The summed E-state index contributed by atoms with van der Waals surface area (Å²) in [7, 11) is 1.75. The molecule has 0 saturated carbocycles. The molecule has 1 aliphatic heterocycles. The van der Waals surface area contributed by atoms with E-state index in [2.05, 4.69) is 21.9 Å². The van der Waals surface area contributed by atoms with Crippen molar-refractivity contribution in [3.05, 3.63) is 29.8 Å². The fourth-order valence-electron chi connectivity index (χ4n) is 2.55. The van der Waals surface area contributed by atoms with Crippen molar-refractivity contribution in [2.24, 2.45) is 0 Å². The maximum Gasteiger partial charge on any atom is 0.387 e. The van der Waals surface area contributed by atoms with Gasteiger partial charge in [0.15, 0.2) is 0 Å². The summed E-state index contributed by atoms with van der Waals surface area (Å²) in [5.41, 5.74) is 0.871. The predicted molar refractivity (Wildman–Crippen MR) is 83.5 cm³/mol. The summed E-state index contributed by atoms with van der Waals surface area (Å²) < 4.78 is 28.5. The van der Waals surface area contributed by atoms with E-state index in [1.165, 1.54) is 12.1 Å². The Labute approximate surface area is 135 Å². The minimum atomic E-state index is -2.83. The number of alkyl halides is 2. The minimum absolute atomic E-state index is 0.0478. The van der Waals surface area contributed by atoms with E-state index >= 15 is 0 Å². The van der Waals surface area contributed by atoms with Crippen molar-refractivity contribution in [1.29, 1.82) is 0 Å². The molecule has 7 heteroatoms. The van der Waals surface area contributed by atoms with Gasteiger partial charge in [-0.2, -0.15) is 8.78 Å². The van der Waals surface area contributed by atoms with Gasteiger partial charge in [0.05, 0.1) is 6.54 Å². The van der Waals surface area contributed by atoms with Gasteiger partial charge in [-0.3, -0.25) is 9.69 Å². The summed E-state index contributed by atoms with van der Waals surface area (Å²) in [5.74, 6) is 0.166. The first kappa shape index (κ1) is 17.6. The van der Waals surface area contributed by atoms with Crippen LogP contribution in [0.2, 0.25) is 0 Å². The number of halogens is 2. The first-order valence-electron chi connectivity index (χ1n) is 7.68. The van der Waals surface area contributed by atoms with Crippen LogP contribution in [0.5, 0.6) is 5.75 Å². The van der Waals surface area contributed by atoms with Gasteiger partial charge < -0.3 is 15.0 Å². The standard InChI is InChI=1S/C16H23F2N3O2/c1-12-9-19-7-8-21(12)11-15(22)20(2)10-13-3-5-14(6-4-13)23-16(17)18/h3-6,12,16,19H,7-11H2,1-2H3/t12-/m1/s1. The molecule has 0 bridgehead atoms. The number of likely N-dealkylation sites (N-methyl/N-ethyl adjacent to an activating group) is 1.